The summed E-state index contributed by atoms with van der Waals surface area (Å²) >= 11 is 1.13. The van der Waals surface area contributed by atoms with Gasteiger partial charge < -0.3 is 9.64 Å². The van der Waals surface area contributed by atoms with Crippen molar-refractivity contribution >= 4 is 23.2 Å². The molecule has 0 saturated carbocycles. The van der Waals surface area contributed by atoms with Gasteiger partial charge in [0.05, 0.1) is 6.61 Å². The number of rotatable bonds is 6. The van der Waals surface area contributed by atoms with Crippen LogP contribution in [-0.4, -0.2) is 42.0 Å². The summed E-state index contributed by atoms with van der Waals surface area (Å²) in [5, 5.41) is 1.82. The second-order valence-corrected chi connectivity index (χ2v) is 5.32. The molecule has 0 aliphatic heterocycles. The van der Waals surface area contributed by atoms with Crippen LogP contribution < -0.4 is 0 Å². The maximum Gasteiger partial charge on any atom is 0.367 e. The number of amides is 1. The van der Waals surface area contributed by atoms with E-state index in [1.807, 2.05) is 0 Å². The van der Waals surface area contributed by atoms with Gasteiger partial charge in [-0.3, -0.25) is 4.79 Å². The second kappa shape index (κ2) is 7.23. The molecule has 1 heterocycles. The van der Waals surface area contributed by atoms with Gasteiger partial charge in [0, 0.05) is 19.0 Å². The van der Waals surface area contributed by atoms with Crippen LogP contribution in [0.15, 0.2) is 5.38 Å². The van der Waals surface area contributed by atoms with Crippen LogP contribution in [0.3, 0.4) is 0 Å². The van der Waals surface area contributed by atoms with Gasteiger partial charge in [0.2, 0.25) is 5.01 Å². The first-order chi connectivity index (χ1) is 8.99. The molecule has 0 saturated heterocycles. The van der Waals surface area contributed by atoms with E-state index in [0.717, 1.165) is 17.8 Å². The zero-order valence-corrected chi connectivity index (χ0v) is 12.6. The maximum atomic E-state index is 12.1. The lowest BCUT2D eigenvalue weighted by molar-refractivity contribution is 0.0526. The van der Waals surface area contributed by atoms with Crippen LogP contribution in [0.25, 0.3) is 0 Å². The Morgan fingerprint density at radius 1 is 1.47 bits per heavy atom. The third-order valence-electron chi connectivity index (χ3n) is 2.80. The molecule has 1 atom stereocenters. The Hall–Kier alpha value is -1.43. The number of aromatic nitrogens is 1. The lowest BCUT2D eigenvalue weighted by Gasteiger charge is -2.19. The normalized spacial score (nSPS) is 12.0. The Balaban J connectivity index is 2.70. The van der Waals surface area contributed by atoms with E-state index < -0.39 is 5.97 Å². The molecule has 5 nitrogen and oxygen atoms in total. The van der Waals surface area contributed by atoms with Crippen LogP contribution in [0.2, 0.25) is 0 Å². The quantitative estimate of drug-likeness (QED) is 0.753. The zero-order chi connectivity index (χ0) is 14.4. The number of carbonyl (C=O) groups excluding carboxylic acids is 2. The van der Waals surface area contributed by atoms with Gasteiger partial charge >= 0.3 is 5.97 Å². The molecule has 0 aromatic carbocycles. The van der Waals surface area contributed by atoms with Gasteiger partial charge in [-0.2, -0.15) is 0 Å². The Bertz CT molecular complexity index is 445. The third-order valence-corrected chi connectivity index (χ3v) is 3.62. The Morgan fingerprint density at radius 2 is 2.16 bits per heavy atom. The predicted octanol–water partition coefficient (Wildman–Crippen LogP) is 2.44. The van der Waals surface area contributed by atoms with E-state index in [9.17, 15) is 9.59 Å². The number of ether oxygens (including phenoxy) is 1. The summed E-state index contributed by atoms with van der Waals surface area (Å²) in [6.45, 7) is 6.90. The van der Waals surface area contributed by atoms with Crippen molar-refractivity contribution in [3.05, 3.63) is 16.1 Å². The SMILES string of the molecule is CCOC(=O)c1nc(C(=O)N(C)CC(C)CC)cs1. The lowest BCUT2D eigenvalue weighted by Crippen LogP contribution is -2.31. The molecule has 1 rings (SSSR count). The van der Waals surface area contributed by atoms with E-state index in [4.69, 9.17) is 4.74 Å². The van der Waals surface area contributed by atoms with Crippen LogP contribution >= 0.6 is 11.3 Å². The molecule has 6 heteroatoms. The highest BCUT2D eigenvalue weighted by molar-refractivity contribution is 7.11. The summed E-state index contributed by atoms with van der Waals surface area (Å²) in [7, 11) is 1.75. The molecule has 0 fully saturated rings. The number of esters is 1. The maximum absolute atomic E-state index is 12.1. The second-order valence-electron chi connectivity index (χ2n) is 4.46. The molecule has 0 N–H and O–H groups in total. The first-order valence-corrected chi connectivity index (χ1v) is 7.25. The van der Waals surface area contributed by atoms with Gasteiger partial charge in [0.15, 0.2) is 0 Å². The lowest BCUT2D eigenvalue weighted by atomic mass is 10.1. The fraction of sp³-hybridized carbons (Fsp3) is 0.615. The summed E-state index contributed by atoms with van der Waals surface area (Å²) in [6.07, 6.45) is 1.02. The van der Waals surface area contributed by atoms with Crippen LogP contribution in [-0.2, 0) is 4.74 Å². The fourth-order valence-corrected chi connectivity index (χ4v) is 2.22. The van der Waals surface area contributed by atoms with Gasteiger partial charge in [0.1, 0.15) is 5.69 Å². The summed E-state index contributed by atoms with van der Waals surface area (Å²) in [5.41, 5.74) is 0.304. The third kappa shape index (κ3) is 4.31. The minimum absolute atomic E-state index is 0.160. The predicted molar refractivity (Wildman–Crippen MR) is 74.5 cm³/mol. The number of hydrogen-bond acceptors (Lipinski definition) is 5. The molecular weight excluding hydrogens is 264 g/mol. The van der Waals surface area contributed by atoms with Crippen molar-refractivity contribution < 1.29 is 14.3 Å². The average molecular weight is 284 g/mol. The van der Waals surface area contributed by atoms with Crippen molar-refractivity contribution in [2.75, 3.05) is 20.2 Å². The Kier molecular flexibility index (Phi) is 5.95. The van der Waals surface area contributed by atoms with E-state index in [1.54, 1.807) is 24.3 Å². The van der Waals surface area contributed by atoms with Gasteiger partial charge in [-0.1, -0.05) is 20.3 Å². The monoisotopic (exact) mass is 284 g/mol. The Labute approximate surface area is 117 Å². The summed E-state index contributed by atoms with van der Waals surface area (Å²) in [6, 6.07) is 0. The van der Waals surface area contributed by atoms with Gasteiger partial charge in [-0.15, -0.1) is 11.3 Å². The number of thiazole rings is 1. The minimum atomic E-state index is -0.476. The van der Waals surface area contributed by atoms with Crippen molar-refractivity contribution in [3.8, 4) is 0 Å². The minimum Gasteiger partial charge on any atom is -0.461 e. The first-order valence-electron chi connectivity index (χ1n) is 6.37. The van der Waals surface area contributed by atoms with E-state index >= 15 is 0 Å². The molecule has 0 aliphatic carbocycles. The molecule has 0 radical (unpaired) electrons. The highest BCUT2D eigenvalue weighted by Crippen LogP contribution is 2.14. The van der Waals surface area contributed by atoms with E-state index in [-0.39, 0.29) is 10.9 Å². The fourth-order valence-electron chi connectivity index (χ4n) is 1.53. The van der Waals surface area contributed by atoms with Gasteiger partial charge in [0.25, 0.3) is 5.91 Å². The summed E-state index contributed by atoms with van der Waals surface area (Å²) < 4.78 is 4.85. The topological polar surface area (TPSA) is 59.5 Å². The number of nitrogens with zero attached hydrogens (tertiary/aromatic N) is 2. The molecule has 19 heavy (non-hydrogen) atoms. The number of hydrogen-bond donors (Lipinski definition) is 0. The molecule has 1 aromatic rings. The van der Waals surface area contributed by atoms with Crippen LogP contribution in [0, 0.1) is 5.92 Å². The average Bonchev–Trinajstić information content (AvgIpc) is 2.87. The molecule has 0 spiro atoms. The largest absolute Gasteiger partial charge is 0.461 e. The molecule has 1 unspecified atom stereocenters. The molecular formula is C13H20N2O3S. The van der Waals surface area contributed by atoms with Crippen LogP contribution in [0.4, 0.5) is 0 Å². The highest BCUT2D eigenvalue weighted by Gasteiger charge is 2.19. The van der Waals surface area contributed by atoms with E-state index in [2.05, 4.69) is 18.8 Å². The van der Waals surface area contributed by atoms with Crippen molar-refractivity contribution in [1.82, 2.24) is 9.88 Å². The molecule has 1 amide bonds. The van der Waals surface area contributed by atoms with E-state index in [1.165, 1.54) is 0 Å². The molecule has 1 aromatic heterocycles. The summed E-state index contributed by atoms with van der Waals surface area (Å²) in [4.78, 5) is 29.3. The molecule has 0 aliphatic rings. The standard InChI is InChI=1S/C13H20N2O3S/c1-5-9(3)7-15(4)12(16)10-8-19-11(14-10)13(17)18-6-2/h8-9H,5-7H2,1-4H3. The Morgan fingerprint density at radius 3 is 2.74 bits per heavy atom. The zero-order valence-electron chi connectivity index (χ0n) is 11.8. The van der Waals surface area contributed by atoms with Crippen molar-refractivity contribution in [2.24, 2.45) is 5.92 Å². The molecule has 106 valence electrons. The number of carbonyl (C=O) groups is 2. The van der Waals surface area contributed by atoms with Crippen molar-refractivity contribution in [3.63, 3.8) is 0 Å². The van der Waals surface area contributed by atoms with Crippen LogP contribution in [0.1, 0.15) is 47.5 Å². The molecule has 0 bridgehead atoms. The van der Waals surface area contributed by atoms with E-state index in [0.29, 0.717) is 24.8 Å². The van der Waals surface area contributed by atoms with Crippen molar-refractivity contribution in [2.45, 2.75) is 27.2 Å². The van der Waals surface area contributed by atoms with Crippen LogP contribution in [0.5, 0.6) is 0 Å². The van der Waals surface area contributed by atoms with Gasteiger partial charge in [-0.05, 0) is 12.8 Å². The summed E-state index contributed by atoms with van der Waals surface area (Å²) in [5.74, 6) is -0.194. The van der Waals surface area contributed by atoms with Gasteiger partial charge in [-0.25, -0.2) is 9.78 Å². The highest BCUT2D eigenvalue weighted by atomic mass is 32.1. The first kappa shape index (κ1) is 15.6. The van der Waals surface area contributed by atoms with Crippen molar-refractivity contribution in [1.29, 1.82) is 0 Å². The smallest absolute Gasteiger partial charge is 0.367 e.